The van der Waals surface area contributed by atoms with Crippen LogP contribution in [0.1, 0.15) is 15.9 Å². The smallest absolute Gasteiger partial charge is 0.269 e. The number of nitro groups is 1. The highest BCUT2D eigenvalue weighted by atomic mass is 35.5. The third kappa shape index (κ3) is 2.03. The maximum Gasteiger partial charge on any atom is 0.269 e. The number of nitro benzene ring substituents is 1. The number of carbonyl (C=O) groups is 1. The lowest BCUT2D eigenvalue weighted by Crippen LogP contribution is -1.93. The van der Waals surface area contributed by atoms with Crippen molar-refractivity contribution in [2.24, 2.45) is 0 Å². The van der Waals surface area contributed by atoms with Crippen molar-refractivity contribution < 1.29 is 9.72 Å². The number of halogens is 1. The first-order valence-electron chi connectivity index (χ1n) is 3.47. The van der Waals surface area contributed by atoms with Crippen LogP contribution in [0.25, 0.3) is 0 Å². The molecule has 0 heterocycles. The highest BCUT2D eigenvalue weighted by Gasteiger charge is 2.08. The van der Waals surface area contributed by atoms with E-state index >= 15 is 0 Å². The predicted octanol–water partition coefficient (Wildman–Crippen LogP) is 2.15. The van der Waals surface area contributed by atoms with Gasteiger partial charge in [-0.3, -0.25) is 14.9 Å². The van der Waals surface area contributed by atoms with Crippen LogP contribution in [-0.2, 0) is 5.88 Å². The Labute approximate surface area is 79.3 Å². The summed E-state index contributed by atoms with van der Waals surface area (Å²) in [6.45, 7) is 0. The van der Waals surface area contributed by atoms with E-state index < -0.39 is 4.92 Å². The van der Waals surface area contributed by atoms with Crippen molar-refractivity contribution in [3.63, 3.8) is 0 Å². The summed E-state index contributed by atoms with van der Waals surface area (Å²) in [5.74, 6) is 0.0930. The number of aldehydes is 1. The third-order valence-electron chi connectivity index (χ3n) is 1.61. The third-order valence-corrected chi connectivity index (χ3v) is 1.90. The number of hydrogen-bond donors (Lipinski definition) is 0. The standard InChI is InChI=1S/C8H6ClNO3/c9-4-7-3-8(10(12)13)2-1-6(7)5-11/h1-3,5H,4H2. The van der Waals surface area contributed by atoms with Gasteiger partial charge in [0.05, 0.1) is 4.92 Å². The van der Waals surface area contributed by atoms with Gasteiger partial charge in [-0.05, 0) is 11.6 Å². The molecule has 0 saturated carbocycles. The number of benzene rings is 1. The van der Waals surface area contributed by atoms with Gasteiger partial charge in [-0.25, -0.2) is 0 Å². The minimum Gasteiger partial charge on any atom is -0.298 e. The van der Waals surface area contributed by atoms with Crippen molar-refractivity contribution in [2.45, 2.75) is 5.88 Å². The van der Waals surface area contributed by atoms with Gasteiger partial charge >= 0.3 is 0 Å². The van der Waals surface area contributed by atoms with Crippen LogP contribution >= 0.6 is 11.6 Å². The van der Waals surface area contributed by atoms with Crippen LogP contribution in [0, 0.1) is 10.1 Å². The normalized spacial score (nSPS) is 9.62. The van der Waals surface area contributed by atoms with E-state index in [9.17, 15) is 14.9 Å². The van der Waals surface area contributed by atoms with Crippen LogP contribution in [0.3, 0.4) is 0 Å². The molecule has 0 aliphatic heterocycles. The molecule has 0 fully saturated rings. The first-order chi connectivity index (χ1) is 6.19. The molecular weight excluding hydrogens is 194 g/mol. The van der Waals surface area contributed by atoms with Crippen LogP contribution in [0.4, 0.5) is 5.69 Å². The Bertz CT molecular complexity index is 351. The number of rotatable bonds is 3. The molecular formula is C8H6ClNO3. The van der Waals surface area contributed by atoms with E-state index in [0.29, 0.717) is 17.4 Å². The second kappa shape index (κ2) is 4.00. The Hall–Kier alpha value is -1.42. The van der Waals surface area contributed by atoms with E-state index in [0.717, 1.165) is 0 Å². The van der Waals surface area contributed by atoms with Crippen LogP contribution in [0.15, 0.2) is 18.2 Å². The summed E-state index contributed by atoms with van der Waals surface area (Å²) in [5.41, 5.74) is 0.813. The van der Waals surface area contributed by atoms with E-state index in [1.807, 2.05) is 0 Å². The molecule has 1 aromatic carbocycles. The van der Waals surface area contributed by atoms with Gasteiger partial charge < -0.3 is 0 Å². The Morgan fingerprint density at radius 2 is 2.23 bits per heavy atom. The molecule has 68 valence electrons. The van der Waals surface area contributed by atoms with E-state index in [1.165, 1.54) is 18.2 Å². The molecule has 0 aliphatic carbocycles. The van der Waals surface area contributed by atoms with Gasteiger partial charge in [0.2, 0.25) is 0 Å². The molecule has 5 heteroatoms. The van der Waals surface area contributed by atoms with Crippen molar-refractivity contribution in [3.05, 3.63) is 39.4 Å². The monoisotopic (exact) mass is 199 g/mol. The minimum absolute atomic E-state index is 0.0544. The van der Waals surface area contributed by atoms with Gasteiger partial charge in [0.1, 0.15) is 6.29 Å². The molecule has 4 nitrogen and oxygen atoms in total. The van der Waals surface area contributed by atoms with Crippen molar-refractivity contribution in [3.8, 4) is 0 Å². The predicted molar refractivity (Wildman–Crippen MR) is 48.0 cm³/mol. The molecule has 0 bridgehead atoms. The van der Waals surface area contributed by atoms with Crippen molar-refractivity contribution in [1.82, 2.24) is 0 Å². The van der Waals surface area contributed by atoms with E-state index in [2.05, 4.69) is 0 Å². The first kappa shape index (κ1) is 9.67. The molecule has 0 radical (unpaired) electrons. The van der Waals surface area contributed by atoms with Crippen LogP contribution in [0.2, 0.25) is 0 Å². The summed E-state index contributed by atoms with van der Waals surface area (Å²) < 4.78 is 0. The lowest BCUT2D eigenvalue weighted by molar-refractivity contribution is -0.384. The zero-order valence-electron chi connectivity index (χ0n) is 6.57. The highest BCUT2D eigenvalue weighted by Crippen LogP contribution is 2.18. The maximum absolute atomic E-state index is 10.4. The number of alkyl halides is 1. The molecule has 0 spiro atoms. The number of nitrogens with zero attached hydrogens (tertiary/aromatic N) is 1. The maximum atomic E-state index is 10.4. The fraction of sp³-hybridized carbons (Fsp3) is 0.125. The van der Waals surface area contributed by atoms with E-state index in [-0.39, 0.29) is 11.6 Å². The Morgan fingerprint density at radius 3 is 2.69 bits per heavy atom. The molecule has 0 amide bonds. The molecule has 0 unspecified atom stereocenters. The van der Waals surface area contributed by atoms with Crippen molar-refractivity contribution in [2.75, 3.05) is 0 Å². The molecule has 0 saturated heterocycles. The van der Waals surface area contributed by atoms with Gasteiger partial charge in [-0.1, -0.05) is 0 Å². The highest BCUT2D eigenvalue weighted by molar-refractivity contribution is 6.17. The summed E-state index contributed by atoms with van der Waals surface area (Å²) in [6, 6.07) is 3.97. The van der Waals surface area contributed by atoms with Crippen molar-refractivity contribution >= 4 is 23.6 Å². The second-order valence-electron chi connectivity index (χ2n) is 2.39. The van der Waals surface area contributed by atoms with Crippen LogP contribution < -0.4 is 0 Å². The number of hydrogen-bond acceptors (Lipinski definition) is 3. The van der Waals surface area contributed by atoms with Gasteiger partial charge in [0.25, 0.3) is 5.69 Å². The minimum atomic E-state index is -0.523. The summed E-state index contributed by atoms with van der Waals surface area (Å²) in [6.07, 6.45) is 0.626. The van der Waals surface area contributed by atoms with Gasteiger partial charge in [-0.15, -0.1) is 11.6 Å². The fourth-order valence-corrected chi connectivity index (χ4v) is 1.17. The average molecular weight is 200 g/mol. The lowest BCUT2D eigenvalue weighted by atomic mass is 10.1. The summed E-state index contributed by atoms with van der Waals surface area (Å²) in [5, 5.41) is 10.3. The number of carbonyl (C=O) groups excluding carboxylic acids is 1. The van der Waals surface area contributed by atoms with Gasteiger partial charge in [-0.2, -0.15) is 0 Å². The summed E-state index contributed by atoms with van der Waals surface area (Å²) in [7, 11) is 0. The Kier molecular flexibility index (Phi) is 2.97. The largest absolute Gasteiger partial charge is 0.298 e. The van der Waals surface area contributed by atoms with Crippen LogP contribution in [0.5, 0.6) is 0 Å². The molecule has 1 aromatic rings. The molecule has 0 atom stereocenters. The number of non-ortho nitro benzene ring substituents is 1. The lowest BCUT2D eigenvalue weighted by Gasteiger charge is -1.98. The van der Waals surface area contributed by atoms with Crippen molar-refractivity contribution in [1.29, 1.82) is 0 Å². The summed E-state index contributed by atoms with van der Waals surface area (Å²) in [4.78, 5) is 20.3. The topological polar surface area (TPSA) is 60.2 Å². The molecule has 0 aliphatic rings. The zero-order chi connectivity index (χ0) is 9.84. The van der Waals surface area contributed by atoms with Gasteiger partial charge in [0, 0.05) is 23.6 Å². The molecule has 13 heavy (non-hydrogen) atoms. The Balaban J connectivity index is 3.20. The molecule has 0 aromatic heterocycles. The van der Waals surface area contributed by atoms with Crippen LogP contribution in [-0.4, -0.2) is 11.2 Å². The van der Waals surface area contributed by atoms with Gasteiger partial charge in [0.15, 0.2) is 0 Å². The Morgan fingerprint density at radius 1 is 1.54 bits per heavy atom. The SMILES string of the molecule is O=Cc1ccc([N+](=O)[O-])cc1CCl. The quantitative estimate of drug-likeness (QED) is 0.324. The zero-order valence-corrected chi connectivity index (χ0v) is 7.32. The van der Waals surface area contributed by atoms with E-state index in [4.69, 9.17) is 11.6 Å². The van der Waals surface area contributed by atoms with E-state index in [1.54, 1.807) is 0 Å². The molecule has 1 rings (SSSR count). The first-order valence-corrected chi connectivity index (χ1v) is 4.01. The average Bonchev–Trinajstić information content (AvgIpc) is 2.16. The fourth-order valence-electron chi connectivity index (χ4n) is 0.936. The molecule has 0 N–H and O–H groups in total. The second-order valence-corrected chi connectivity index (χ2v) is 2.66. The summed E-state index contributed by atoms with van der Waals surface area (Å²) >= 11 is 5.51.